The van der Waals surface area contributed by atoms with Gasteiger partial charge in [-0.2, -0.15) is 8.42 Å². The van der Waals surface area contributed by atoms with Gasteiger partial charge in [0.1, 0.15) is 11.2 Å². The molecule has 3 aromatic carbocycles. The van der Waals surface area contributed by atoms with E-state index < -0.39 is 45.7 Å². The molecule has 54 heavy (non-hydrogen) atoms. The molecule has 0 saturated carbocycles. The molecule has 5 rings (SSSR count). The number of aryl methyl sites for hydroxylation is 1. The minimum atomic E-state index is -3.95. The average Bonchev–Trinajstić information content (AvgIpc) is 3.67. The molecular weight excluding hydrogens is 713 g/mol. The van der Waals surface area contributed by atoms with Crippen LogP contribution in [0.25, 0.3) is 0 Å². The minimum absolute atomic E-state index is 0.0932. The first kappa shape index (κ1) is 42.7. The van der Waals surface area contributed by atoms with Gasteiger partial charge < -0.3 is 33.9 Å². The summed E-state index contributed by atoms with van der Waals surface area (Å²) in [6, 6.07) is 25.6. The number of hydrogen-bond donors (Lipinski definition) is 1. The summed E-state index contributed by atoms with van der Waals surface area (Å²) in [6.07, 6.45) is -1.24. The molecule has 3 aromatic rings. The number of aliphatic hydroxyl groups is 1. The summed E-state index contributed by atoms with van der Waals surface area (Å²) in [7, 11) is -3.95. The second kappa shape index (κ2) is 19.0. The van der Waals surface area contributed by atoms with Gasteiger partial charge in [-0.05, 0) is 84.6 Å². The third-order valence-electron chi connectivity index (χ3n) is 8.44. The van der Waals surface area contributed by atoms with Crippen LogP contribution in [-0.4, -0.2) is 97.3 Å². The predicted octanol–water partition coefficient (Wildman–Crippen LogP) is 6.87. The van der Waals surface area contributed by atoms with Crippen LogP contribution >= 0.6 is 0 Å². The van der Waals surface area contributed by atoms with E-state index in [0.29, 0.717) is 39.2 Å². The van der Waals surface area contributed by atoms with Crippen LogP contribution in [0.1, 0.15) is 71.1 Å². The Morgan fingerprint density at radius 1 is 0.685 bits per heavy atom. The maximum atomic E-state index is 12.8. The van der Waals surface area contributed by atoms with Crippen LogP contribution in [0.3, 0.4) is 0 Å². The van der Waals surface area contributed by atoms with Crippen molar-refractivity contribution in [1.82, 2.24) is 9.80 Å². The number of aliphatic hydroxyl groups excluding tert-OH is 1. The second-order valence-electron chi connectivity index (χ2n) is 15.7. The van der Waals surface area contributed by atoms with E-state index in [-0.39, 0.29) is 30.1 Å². The van der Waals surface area contributed by atoms with Crippen molar-refractivity contribution in [3.05, 3.63) is 102 Å². The number of rotatable bonds is 11. The number of amides is 2. The molecule has 4 atom stereocenters. The Hall–Kier alpha value is -4.01. The Labute approximate surface area is 320 Å². The topological polar surface area (TPSA) is 141 Å². The van der Waals surface area contributed by atoms with Gasteiger partial charge in [-0.3, -0.25) is 4.18 Å². The molecule has 2 saturated heterocycles. The maximum Gasteiger partial charge on any atom is 0.410 e. The summed E-state index contributed by atoms with van der Waals surface area (Å²) in [4.78, 5) is 28.1. The first-order valence-corrected chi connectivity index (χ1v) is 19.7. The van der Waals surface area contributed by atoms with Gasteiger partial charge in [0.25, 0.3) is 10.1 Å². The SMILES string of the molecule is CC(C)(C)OC(=O)N1C[C@H](O)C[C@H]1COCc1ccccc1.Cc1ccc(S(=O)(=O)O[C@H]2C[C@@H](COCc3ccccc3)N(C(=O)OC(C)(C)C)C2)cc1. The number of benzene rings is 3. The summed E-state index contributed by atoms with van der Waals surface area (Å²) < 4.78 is 53.4. The largest absolute Gasteiger partial charge is 0.444 e. The Balaban J connectivity index is 0.000000258. The zero-order valence-corrected chi connectivity index (χ0v) is 33.3. The maximum absolute atomic E-state index is 12.8. The lowest BCUT2D eigenvalue weighted by atomic mass is 10.2. The van der Waals surface area contributed by atoms with Crippen LogP contribution in [0.4, 0.5) is 9.59 Å². The summed E-state index contributed by atoms with van der Waals surface area (Å²) in [5.41, 5.74) is 1.85. The monoisotopic (exact) mass is 768 g/mol. The number of carbonyl (C=O) groups excluding carboxylic acids is 2. The molecule has 0 unspecified atom stereocenters. The van der Waals surface area contributed by atoms with Crippen molar-refractivity contribution in [3.8, 4) is 0 Å². The lowest BCUT2D eigenvalue weighted by Crippen LogP contribution is -2.42. The predicted molar refractivity (Wildman–Crippen MR) is 204 cm³/mol. The lowest BCUT2D eigenvalue weighted by molar-refractivity contribution is 0.00753. The highest BCUT2D eigenvalue weighted by molar-refractivity contribution is 7.86. The molecular formula is C41H56N2O10S. The molecule has 13 heteroatoms. The number of carbonyl (C=O) groups is 2. The summed E-state index contributed by atoms with van der Waals surface area (Å²) in [5.74, 6) is 0. The molecule has 0 bridgehead atoms. The fourth-order valence-electron chi connectivity index (χ4n) is 5.95. The molecule has 0 spiro atoms. The van der Waals surface area contributed by atoms with Crippen molar-refractivity contribution in [2.75, 3.05) is 26.3 Å². The van der Waals surface area contributed by atoms with E-state index in [9.17, 15) is 23.1 Å². The van der Waals surface area contributed by atoms with E-state index in [1.54, 1.807) is 37.8 Å². The van der Waals surface area contributed by atoms with Gasteiger partial charge in [0.05, 0.1) is 68.7 Å². The smallest absolute Gasteiger partial charge is 0.410 e. The van der Waals surface area contributed by atoms with Crippen LogP contribution in [0, 0.1) is 6.92 Å². The van der Waals surface area contributed by atoms with Crippen molar-refractivity contribution in [3.63, 3.8) is 0 Å². The van der Waals surface area contributed by atoms with Crippen LogP contribution in [-0.2, 0) is 46.5 Å². The van der Waals surface area contributed by atoms with Gasteiger partial charge >= 0.3 is 12.2 Å². The fraction of sp³-hybridized carbons (Fsp3) is 0.512. The molecule has 2 amide bonds. The van der Waals surface area contributed by atoms with Gasteiger partial charge in [-0.15, -0.1) is 0 Å². The van der Waals surface area contributed by atoms with Crippen molar-refractivity contribution >= 4 is 22.3 Å². The molecule has 0 aromatic heterocycles. The molecule has 2 fully saturated rings. The lowest BCUT2D eigenvalue weighted by Gasteiger charge is -2.28. The molecule has 2 aliphatic heterocycles. The first-order valence-electron chi connectivity index (χ1n) is 18.3. The van der Waals surface area contributed by atoms with Crippen molar-refractivity contribution in [2.45, 2.75) is 115 Å². The zero-order valence-electron chi connectivity index (χ0n) is 32.5. The highest BCUT2D eigenvalue weighted by Crippen LogP contribution is 2.27. The Kier molecular flexibility index (Phi) is 15.1. The zero-order chi connectivity index (χ0) is 39.5. The van der Waals surface area contributed by atoms with Crippen molar-refractivity contribution < 1.29 is 46.2 Å². The van der Waals surface area contributed by atoms with Gasteiger partial charge in [-0.25, -0.2) is 9.59 Å². The van der Waals surface area contributed by atoms with Gasteiger partial charge in [0.2, 0.25) is 0 Å². The Morgan fingerprint density at radius 2 is 1.13 bits per heavy atom. The van der Waals surface area contributed by atoms with E-state index in [4.69, 9.17) is 23.1 Å². The molecule has 0 radical (unpaired) electrons. The minimum Gasteiger partial charge on any atom is -0.444 e. The molecule has 0 aliphatic carbocycles. The van der Waals surface area contributed by atoms with E-state index >= 15 is 0 Å². The normalized spacial score (nSPS) is 20.3. The third kappa shape index (κ3) is 14.0. The molecule has 1 N–H and O–H groups in total. The van der Waals surface area contributed by atoms with E-state index in [0.717, 1.165) is 16.7 Å². The number of likely N-dealkylation sites (tertiary alicyclic amines) is 2. The molecule has 2 heterocycles. The Bertz CT molecular complexity index is 1730. The van der Waals surface area contributed by atoms with Crippen molar-refractivity contribution in [1.29, 1.82) is 0 Å². The molecule has 2 aliphatic rings. The molecule has 296 valence electrons. The number of ether oxygens (including phenoxy) is 4. The summed E-state index contributed by atoms with van der Waals surface area (Å²) >= 11 is 0. The second-order valence-corrected chi connectivity index (χ2v) is 17.3. The number of β-amino-alcohol motifs (C(OH)–C–C–N with tert-alkyl or cyclic N) is 1. The third-order valence-corrected chi connectivity index (χ3v) is 9.82. The highest BCUT2D eigenvalue weighted by Gasteiger charge is 2.41. The van der Waals surface area contributed by atoms with Crippen LogP contribution in [0.2, 0.25) is 0 Å². The average molecular weight is 769 g/mol. The van der Waals surface area contributed by atoms with Gasteiger partial charge in [-0.1, -0.05) is 78.4 Å². The van der Waals surface area contributed by atoms with E-state index in [2.05, 4.69) is 0 Å². The van der Waals surface area contributed by atoms with Gasteiger partial charge in [0, 0.05) is 0 Å². The highest BCUT2D eigenvalue weighted by atomic mass is 32.2. The van der Waals surface area contributed by atoms with Gasteiger partial charge in [0.15, 0.2) is 0 Å². The van der Waals surface area contributed by atoms with E-state index in [1.807, 2.05) is 88.4 Å². The summed E-state index contributed by atoms with van der Waals surface area (Å²) in [6.45, 7) is 14.7. The first-order chi connectivity index (χ1) is 25.4. The summed E-state index contributed by atoms with van der Waals surface area (Å²) in [5, 5.41) is 9.83. The van der Waals surface area contributed by atoms with Crippen LogP contribution in [0.5, 0.6) is 0 Å². The standard InChI is InChI=1S/C24H31NO6S.C17H25NO4/c1-18-10-12-22(13-11-18)32(27,28)31-21-14-20(17-29-16-19-8-6-5-7-9-19)25(15-21)23(26)30-24(2,3)4;1-17(2,3)22-16(20)18-10-15(19)9-14(18)12-21-11-13-7-5-4-6-8-13/h5-13,20-21H,14-17H2,1-4H3;4-8,14-15,19H,9-12H2,1-3H3/t20-,21-;14-,15+/m00/s1. The fourth-order valence-corrected chi connectivity index (χ4v) is 7.03. The number of nitrogens with zero attached hydrogens (tertiary/aromatic N) is 2. The quantitative estimate of drug-likeness (QED) is 0.206. The molecule has 12 nitrogen and oxygen atoms in total. The van der Waals surface area contributed by atoms with E-state index in [1.165, 1.54) is 17.0 Å². The Morgan fingerprint density at radius 3 is 1.59 bits per heavy atom. The van der Waals surface area contributed by atoms with Crippen LogP contribution < -0.4 is 0 Å². The van der Waals surface area contributed by atoms with Crippen LogP contribution in [0.15, 0.2) is 89.8 Å². The van der Waals surface area contributed by atoms with Crippen molar-refractivity contribution in [2.24, 2.45) is 0 Å². The number of hydrogen-bond acceptors (Lipinski definition) is 10.